The van der Waals surface area contributed by atoms with Crippen LogP contribution in [0.1, 0.15) is 11.1 Å². The van der Waals surface area contributed by atoms with Crippen LogP contribution in [0.25, 0.3) is 12.2 Å². The Hall–Kier alpha value is -2.44. The fourth-order valence-electron chi connectivity index (χ4n) is 2.28. The average Bonchev–Trinajstić information content (AvgIpc) is 2.58. The van der Waals surface area contributed by atoms with E-state index in [1.54, 1.807) is 18.2 Å². The van der Waals surface area contributed by atoms with E-state index < -0.39 is 5.91 Å². The highest BCUT2D eigenvalue weighted by Crippen LogP contribution is 2.10. The Morgan fingerprint density at radius 1 is 1.09 bits per heavy atom. The predicted octanol–water partition coefficient (Wildman–Crippen LogP) is 0.992. The number of hydrogen-bond donors (Lipinski definition) is 2. The maximum atomic E-state index is 12.1. The summed E-state index contributed by atoms with van der Waals surface area (Å²) in [6.45, 7) is 3.29. The molecular weight excluding hydrogens is 294 g/mol. The van der Waals surface area contributed by atoms with Gasteiger partial charge in [-0.25, -0.2) is 5.48 Å². The summed E-state index contributed by atoms with van der Waals surface area (Å²) in [5.74, 6) is -0.574. The van der Waals surface area contributed by atoms with Gasteiger partial charge in [0.05, 0.1) is 0 Å². The first kappa shape index (κ1) is 16.9. The fourth-order valence-corrected chi connectivity index (χ4v) is 2.28. The van der Waals surface area contributed by atoms with E-state index in [0.29, 0.717) is 0 Å². The molecule has 0 aromatic heterocycles. The van der Waals surface area contributed by atoms with Crippen molar-refractivity contribution in [3.63, 3.8) is 0 Å². The Labute approximate surface area is 135 Å². The van der Waals surface area contributed by atoms with Crippen LogP contribution in [0.4, 0.5) is 0 Å². The zero-order chi connectivity index (χ0) is 16.7. The fraction of sp³-hybridized carbons (Fsp3) is 0.294. The van der Waals surface area contributed by atoms with E-state index in [1.165, 1.54) is 11.6 Å². The third kappa shape index (κ3) is 5.36. The molecule has 1 fully saturated rings. The molecule has 0 bridgehead atoms. The van der Waals surface area contributed by atoms with Crippen molar-refractivity contribution in [2.24, 2.45) is 0 Å². The second kappa shape index (κ2) is 8.26. The van der Waals surface area contributed by atoms with Crippen molar-refractivity contribution >= 4 is 24.0 Å². The van der Waals surface area contributed by atoms with Gasteiger partial charge in [-0.3, -0.25) is 14.8 Å². The first-order valence-corrected chi connectivity index (χ1v) is 7.46. The number of carbonyl (C=O) groups is 2. The first-order valence-electron chi connectivity index (χ1n) is 7.46. The van der Waals surface area contributed by atoms with Crippen LogP contribution in [0, 0.1) is 0 Å². The van der Waals surface area contributed by atoms with Crippen LogP contribution in [0.15, 0.2) is 36.4 Å². The highest BCUT2D eigenvalue weighted by atomic mass is 16.5. The third-order valence-electron chi connectivity index (χ3n) is 3.68. The van der Waals surface area contributed by atoms with Gasteiger partial charge in [-0.05, 0) is 36.4 Å². The summed E-state index contributed by atoms with van der Waals surface area (Å²) in [7, 11) is 2.05. The van der Waals surface area contributed by atoms with Crippen LogP contribution in [-0.4, -0.2) is 60.0 Å². The van der Waals surface area contributed by atoms with Crippen LogP contribution in [0.2, 0.25) is 0 Å². The smallest absolute Gasteiger partial charge is 0.267 e. The van der Waals surface area contributed by atoms with Crippen LogP contribution in [-0.2, 0) is 9.59 Å². The number of hydroxylamine groups is 1. The molecule has 0 atom stereocenters. The van der Waals surface area contributed by atoms with Crippen molar-refractivity contribution in [2.75, 3.05) is 33.2 Å². The molecule has 1 aliphatic rings. The number of rotatable bonds is 4. The normalized spacial score (nSPS) is 16.2. The van der Waals surface area contributed by atoms with Crippen molar-refractivity contribution in [2.45, 2.75) is 0 Å². The summed E-state index contributed by atoms with van der Waals surface area (Å²) in [6.07, 6.45) is 6.17. The second-order valence-electron chi connectivity index (χ2n) is 5.44. The zero-order valence-corrected chi connectivity index (χ0v) is 13.1. The van der Waals surface area contributed by atoms with Crippen LogP contribution in [0.5, 0.6) is 0 Å². The molecular formula is C17H21N3O3. The summed E-state index contributed by atoms with van der Waals surface area (Å²) in [4.78, 5) is 27.1. The molecule has 2 amide bonds. The molecule has 0 radical (unpaired) electrons. The quantitative estimate of drug-likeness (QED) is 0.494. The summed E-state index contributed by atoms with van der Waals surface area (Å²) in [6, 6.07) is 7.42. The van der Waals surface area contributed by atoms with Gasteiger partial charge >= 0.3 is 0 Å². The van der Waals surface area contributed by atoms with E-state index in [4.69, 9.17) is 5.21 Å². The number of nitrogens with zero attached hydrogens (tertiary/aromatic N) is 2. The Kier molecular flexibility index (Phi) is 6.08. The number of nitrogens with one attached hydrogen (secondary N) is 1. The lowest BCUT2D eigenvalue weighted by molar-refractivity contribution is -0.127. The highest BCUT2D eigenvalue weighted by molar-refractivity contribution is 5.92. The minimum Gasteiger partial charge on any atom is -0.337 e. The Bertz CT molecular complexity index is 617. The molecule has 0 aliphatic carbocycles. The average molecular weight is 315 g/mol. The summed E-state index contributed by atoms with van der Waals surface area (Å²) in [5, 5.41) is 8.45. The molecule has 0 unspecified atom stereocenters. The molecule has 1 aromatic rings. The third-order valence-corrected chi connectivity index (χ3v) is 3.68. The summed E-state index contributed by atoms with van der Waals surface area (Å²) >= 11 is 0. The van der Waals surface area contributed by atoms with Crippen molar-refractivity contribution in [3.05, 3.63) is 47.5 Å². The van der Waals surface area contributed by atoms with E-state index >= 15 is 0 Å². The lowest BCUT2D eigenvalue weighted by Gasteiger charge is -2.31. The topological polar surface area (TPSA) is 72.9 Å². The van der Waals surface area contributed by atoms with Gasteiger partial charge in [-0.1, -0.05) is 18.2 Å². The van der Waals surface area contributed by atoms with E-state index in [0.717, 1.165) is 37.3 Å². The second-order valence-corrected chi connectivity index (χ2v) is 5.44. The molecule has 1 heterocycles. The molecule has 122 valence electrons. The van der Waals surface area contributed by atoms with Crippen LogP contribution < -0.4 is 5.48 Å². The number of hydrogen-bond acceptors (Lipinski definition) is 4. The molecule has 6 heteroatoms. The van der Waals surface area contributed by atoms with E-state index in [1.807, 2.05) is 36.2 Å². The van der Waals surface area contributed by atoms with Crippen LogP contribution >= 0.6 is 0 Å². The molecule has 2 rings (SSSR count). The van der Waals surface area contributed by atoms with Gasteiger partial charge in [-0.2, -0.15) is 0 Å². The van der Waals surface area contributed by atoms with Gasteiger partial charge in [0.15, 0.2) is 0 Å². The summed E-state index contributed by atoms with van der Waals surface area (Å²) < 4.78 is 0. The lowest BCUT2D eigenvalue weighted by Crippen LogP contribution is -2.46. The largest absolute Gasteiger partial charge is 0.337 e. The number of likely N-dealkylation sites (N-methyl/N-ethyl adjacent to an activating group) is 1. The number of benzene rings is 1. The van der Waals surface area contributed by atoms with Gasteiger partial charge in [-0.15, -0.1) is 0 Å². The molecule has 6 nitrogen and oxygen atoms in total. The highest BCUT2D eigenvalue weighted by Gasteiger charge is 2.16. The minimum absolute atomic E-state index is 0.0127. The standard InChI is InChI=1S/C17H21N3O3/c1-19-9-11-20(12-10-19)17(22)8-6-15-4-2-3-14(13-15)5-7-16(21)18-23/h2-8,13,23H,9-12H2,1H3,(H,18,21)/b7-5+,8-6+. The Morgan fingerprint density at radius 3 is 2.30 bits per heavy atom. The molecule has 1 saturated heterocycles. The first-order chi connectivity index (χ1) is 11.1. The van der Waals surface area contributed by atoms with E-state index in [-0.39, 0.29) is 5.91 Å². The maximum Gasteiger partial charge on any atom is 0.267 e. The number of amides is 2. The minimum atomic E-state index is -0.587. The lowest BCUT2D eigenvalue weighted by atomic mass is 10.1. The molecule has 2 N–H and O–H groups in total. The molecule has 23 heavy (non-hydrogen) atoms. The molecule has 1 aromatic carbocycles. The monoisotopic (exact) mass is 315 g/mol. The molecule has 1 aliphatic heterocycles. The van der Waals surface area contributed by atoms with Crippen LogP contribution in [0.3, 0.4) is 0 Å². The molecule has 0 spiro atoms. The maximum absolute atomic E-state index is 12.1. The zero-order valence-electron chi connectivity index (χ0n) is 13.1. The van der Waals surface area contributed by atoms with Gasteiger partial charge in [0, 0.05) is 38.3 Å². The van der Waals surface area contributed by atoms with Crippen molar-refractivity contribution < 1.29 is 14.8 Å². The van der Waals surface area contributed by atoms with E-state index in [2.05, 4.69) is 4.90 Å². The van der Waals surface area contributed by atoms with Gasteiger partial charge in [0.25, 0.3) is 5.91 Å². The van der Waals surface area contributed by atoms with E-state index in [9.17, 15) is 9.59 Å². The van der Waals surface area contributed by atoms with Gasteiger partial charge < -0.3 is 9.80 Å². The SMILES string of the molecule is CN1CCN(C(=O)/C=C/c2cccc(/C=C/C(=O)NO)c2)CC1. The van der Waals surface area contributed by atoms with Gasteiger partial charge in [0.2, 0.25) is 5.91 Å². The Morgan fingerprint density at radius 2 is 1.70 bits per heavy atom. The van der Waals surface area contributed by atoms with Crippen molar-refractivity contribution in [1.82, 2.24) is 15.3 Å². The molecule has 0 saturated carbocycles. The van der Waals surface area contributed by atoms with Gasteiger partial charge in [0.1, 0.15) is 0 Å². The van der Waals surface area contributed by atoms with Crippen molar-refractivity contribution in [3.8, 4) is 0 Å². The predicted molar refractivity (Wildman–Crippen MR) is 88.5 cm³/mol. The summed E-state index contributed by atoms with van der Waals surface area (Å²) in [5.41, 5.74) is 3.22. The Balaban J connectivity index is 1.98. The van der Waals surface area contributed by atoms with Crippen molar-refractivity contribution in [1.29, 1.82) is 0 Å². The number of piperazine rings is 1. The number of carbonyl (C=O) groups excluding carboxylic acids is 2.